The zero-order valence-electron chi connectivity index (χ0n) is 29.1. The van der Waals surface area contributed by atoms with Gasteiger partial charge in [-0.05, 0) is 61.7 Å². The van der Waals surface area contributed by atoms with E-state index in [2.05, 4.69) is 0 Å². The van der Waals surface area contributed by atoms with Crippen LogP contribution in [-0.2, 0) is 44.4 Å². The van der Waals surface area contributed by atoms with Crippen LogP contribution in [0.5, 0.6) is 23.0 Å². The normalized spacial score (nSPS) is 37.3. The average molecular weight is 771 g/mol. The molecular formula is C35H46O19. The van der Waals surface area contributed by atoms with Gasteiger partial charge in [-0.25, -0.2) is 4.79 Å². The molecule has 15 unspecified atom stereocenters. The molecule has 2 aromatic carbocycles. The number of phenolic OH excluding ortho intramolecular Hbond substituents is 4. The average Bonchev–Trinajstić information content (AvgIpc) is 3.14. The minimum Gasteiger partial charge on any atom is -0.504 e. The highest BCUT2D eigenvalue weighted by atomic mass is 16.8. The molecule has 2 aromatic rings. The molecule has 0 aliphatic carbocycles. The number of carbonyl (C=O) groups is 1. The highest BCUT2D eigenvalue weighted by Crippen LogP contribution is 2.35. The molecular weight excluding hydrogens is 724 g/mol. The summed E-state index contributed by atoms with van der Waals surface area (Å²) in [7, 11) is 0. The second-order valence-corrected chi connectivity index (χ2v) is 13.2. The molecule has 19 heteroatoms. The van der Waals surface area contributed by atoms with Gasteiger partial charge in [0, 0.05) is 6.08 Å². The molecule has 0 bridgehead atoms. The number of hydrogen-bond acceptors (Lipinski definition) is 19. The Morgan fingerprint density at radius 1 is 0.667 bits per heavy atom. The molecule has 3 saturated heterocycles. The number of rotatable bonds is 12. The third-order valence-electron chi connectivity index (χ3n) is 9.35. The predicted molar refractivity (Wildman–Crippen MR) is 178 cm³/mol. The summed E-state index contributed by atoms with van der Waals surface area (Å²) in [5, 5.41) is 113. The zero-order valence-corrected chi connectivity index (χ0v) is 29.1. The van der Waals surface area contributed by atoms with Gasteiger partial charge >= 0.3 is 5.97 Å². The van der Waals surface area contributed by atoms with Gasteiger partial charge < -0.3 is 89.3 Å². The van der Waals surface area contributed by atoms with Crippen LogP contribution < -0.4 is 0 Å². The van der Waals surface area contributed by atoms with Crippen LogP contribution >= 0.6 is 0 Å². The molecule has 54 heavy (non-hydrogen) atoms. The van der Waals surface area contributed by atoms with E-state index >= 15 is 0 Å². The van der Waals surface area contributed by atoms with Crippen molar-refractivity contribution in [3.63, 3.8) is 0 Å². The Morgan fingerprint density at radius 2 is 1.22 bits per heavy atom. The van der Waals surface area contributed by atoms with Crippen LogP contribution in [0.25, 0.3) is 6.08 Å². The quantitative estimate of drug-likeness (QED) is 0.0622. The minimum absolute atomic E-state index is 0.113. The van der Waals surface area contributed by atoms with Gasteiger partial charge in [0.05, 0.1) is 25.4 Å². The molecule has 3 aliphatic heterocycles. The van der Waals surface area contributed by atoms with Crippen molar-refractivity contribution in [2.45, 2.75) is 112 Å². The van der Waals surface area contributed by atoms with Crippen molar-refractivity contribution in [3.05, 3.63) is 53.6 Å². The smallest absolute Gasteiger partial charge is 0.331 e. The molecule has 300 valence electrons. The van der Waals surface area contributed by atoms with Gasteiger partial charge in [0.1, 0.15) is 54.9 Å². The van der Waals surface area contributed by atoms with Crippen molar-refractivity contribution in [2.75, 3.05) is 13.2 Å². The van der Waals surface area contributed by atoms with Crippen molar-refractivity contribution in [1.29, 1.82) is 0 Å². The van der Waals surface area contributed by atoms with Gasteiger partial charge in [-0.2, -0.15) is 0 Å². The van der Waals surface area contributed by atoms with E-state index < -0.39 is 116 Å². The van der Waals surface area contributed by atoms with Gasteiger partial charge in [0.15, 0.2) is 48.0 Å². The minimum atomic E-state index is -1.89. The number of aliphatic hydroxyl groups is 7. The van der Waals surface area contributed by atoms with Crippen molar-refractivity contribution < 1.29 is 94.1 Å². The number of aliphatic hydroxyl groups excluding tert-OH is 7. The van der Waals surface area contributed by atoms with Crippen LogP contribution in [0.4, 0.5) is 0 Å². The molecule has 0 saturated carbocycles. The standard InChI is InChI=1S/C35H46O19/c1-14-24(42)26(44)28(46)33(49-14)53-31-30(52-23(41)8-5-16-3-6-18(37)20(39)11-16)22(13-36)51-35(48-10-9-17-4-7-19(38)21(40)12-17)32(31)54-34-29(47)27(45)25(43)15(2)50-34/h3-8,11-12,14-15,22,24-40,42-47H,9-10,13H2,1-2H3. The predicted octanol–water partition coefficient (Wildman–Crippen LogP) is -2.16. The first-order valence-corrected chi connectivity index (χ1v) is 17.1. The van der Waals surface area contributed by atoms with Gasteiger partial charge in [-0.15, -0.1) is 0 Å². The van der Waals surface area contributed by atoms with E-state index in [0.29, 0.717) is 5.56 Å². The van der Waals surface area contributed by atoms with Crippen LogP contribution in [-0.4, -0.2) is 167 Å². The molecule has 19 nitrogen and oxygen atoms in total. The summed E-state index contributed by atoms with van der Waals surface area (Å²) in [6.07, 6.45) is -21.7. The summed E-state index contributed by atoms with van der Waals surface area (Å²) in [5.41, 5.74) is 0.798. The topological polar surface area (TPSA) is 304 Å². The molecule has 0 amide bonds. The molecule has 5 rings (SSSR count). The lowest BCUT2D eigenvalue weighted by atomic mass is 9.96. The van der Waals surface area contributed by atoms with Crippen molar-refractivity contribution in [2.24, 2.45) is 0 Å². The number of esters is 1. The van der Waals surface area contributed by atoms with E-state index in [1.807, 2.05) is 0 Å². The van der Waals surface area contributed by atoms with E-state index in [-0.39, 0.29) is 30.1 Å². The Kier molecular flexibility index (Phi) is 13.7. The summed E-state index contributed by atoms with van der Waals surface area (Å²) in [6.45, 7) is 1.78. The fourth-order valence-corrected chi connectivity index (χ4v) is 6.16. The third-order valence-corrected chi connectivity index (χ3v) is 9.35. The van der Waals surface area contributed by atoms with Crippen LogP contribution in [0.2, 0.25) is 0 Å². The number of carbonyl (C=O) groups excluding carboxylic acids is 1. The largest absolute Gasteiger partial charge is 0.504 e. The molecule has 3 aliphatic rings. The van der Waals surface area contributed by atoms with E-state index in [9.17, 15) is 61.0 Å². The molecule has 0 spiro atoms. The molecule has 0 aromatic heterocycles. The van der Waals surface area contributed by atoms with Crippen molar-refractivity contribution >= 4 is 12.0 Å². The fourth-order valence-electron chi connectivity index (χ4n) is 6.16. The molecule has 3 fully saturated rings. The van der Waals surface area contributed by atoms with E-state index in [1.165, 1.54) is 56.3 Å². The Balaban J connectivity index is 1.49. The maximum atomic E-state index is 13.3. The van der Waals surface area contributed by atoms with Crippen LogP contribution in [0.1, 0.15) is 25.0 Å². The Morgan fingerprint density at radius 3 is 1.78 bits per heavy atom. The second-order valence-electron chi connectivity index (χ2n) is 13.2. The van der Waals surface area contributed by atoms with Crippen molar-refractivity contribution in [1.82, 2.24) is 0 Å². The fraction of sp³-hybridized carbons (Fsp3) is 0.571. The Hall–Kier alpha value is -3.67. The number of ether oxygens (including phenoxy) is 7. The van der Waals surface area contributed by atoms with Crippen molar-refractivity contribution in [3.8, 4) is 23.0 Å². The molecule has 11 N–H and O–H groups in total. The number of phenols is 4. The first-order valence-electron chi connectivity index (χ1n) is 17.1. The highest BCUT2D eigenvalue weighted by molar-refractivity contribution is 5.87. The van der Waals surface area contributed by atoms with Gasteiger partial charge in [-0.1, -0.05) is 12.1 Å². The highest BCUT2D eigenvalue weighted by Gasteiger charge is 2.55. The van der Waals surface area contributed by atoms with E-state index in [1.54, 1.807) is 0 Å². The molecule has 3 heterocycles. The lowest BCUT2D eigenvalue weighted by Gasteiger charge is -2.49. The van der Waals surface area contributed by atoms with E-state index in [4.69, 9.17) is 33.2 Å². The van der Waals surface area contributed by atoms with E-state index in [0.717, 1.165) is 6.08 Å². The first-order chi connectivity index (χ1) is 25.6. The number of benzene rings is 2. The molecule has 0 radical (unpaired) electrons. The SMILES string of the molecule is CC1OC(OC2C(OCCc3ccc(O)c(O)c3)OC(CO)C(OC(=O)C=Cc3ccc(O)c(O)c3)C2OC2OC(C)C(O)C(O)C2O)C(O)C(O)C1O. The van der Waals surface area contributed by atoms with Gasteiger partial charge in [-0.3, -0.25) is 0 Å². The van der Waals surface area contributed by atoms with Gasteiger partial charge in [0.25, 0.3) is 0 Å². The maximum Gasteiger partial charge on any atom is 0.331 e. The van der Waals surface area contributed by atoms with Gasteiger partial charge in [0.2, 0.25) is 0 Å². The Bertz CT molecular complexity index is 1590. The zero-order chi connectivity index (χ0) is 39.4. The lowest BCUT2D eigenvalue weighted by Crippen LogP contribution is -2.67. The Labute approximate surface area is 308 Å². The summed E-state index contributed by atoms with van der Waals surface area (Å²) >= 11 is 0. The summed E-state index contributed by atoms with van der Waals surface area (Å²) in [4.78, 5) is 13.3. The summed E-state index contributed by atoms with van der Waals surface area (Å²) in [6, 6.07) is 7.82. The number of aromatic hydroxyl groups is 4. The van der Waals surface area contributed by atoms with Crippen LogP contribution in [0, 0.1) is 0 Å². The molecule has 15 atom stereocenters. The maximum absolute atomic E-state index is 13.3. The van der Waals surface area contributed by atoms with Crippen LogP contribution in [0.3, 0.4) is 0 Å². The summed E-state index contributed by atoms with van der Waals surface area (Å²) < 4.78 is 41.3. The lowest BCUT2D eigenvalue weighted by molar-refractivity contribution is -0.389. The second kappa shape index (κ2) is 17.9. The van der Waals surface area contributed by atoms with Crippen LogP contribution in [0.15, 0.2) is 42.5 Å². The third kappa shape index (κ3) is 9.40. The number of hydrogen-bond donors (Lipinski definition) is 11. The monoisotopic (exact) mass is 770 g/mol. The summed E-state index contributed by atoms with van der Waals surface area (Å²) in [5.74, 6) is -2.64. The first kappa shape index (κ1) is 41.5.